The van der Waals surface area contributed by atoms with Crippen molar-refractivity contribution in [1.29, 1.82) is 5.26 Å². The topological polar surface area (TPSA) is 35.8 Å². The zero-order chi connectivity index (χ0) is 14.8. The highest BCUT2D eigenvalue weighted by Crippen LogP contribution is 2.17. The lowest BCUT2D eigenvalue weighted by atomic mass is 10.0. The van der Waals surface area contributed by atoms with Gasteiger partial charge in [0, 0.05) is 6.54 Å². The van der Waals surface area contributed by atoms with Crippen LogP contribution in [-0.2, 0) is 6.54 Å². The number of rotatable bonds is 4. The molecule has 1 atom stereocenters. The molecule has 2 aromatic carbocycles. The van der Waals surface area contributed by atoms with E-state index in [-0.39, 0.29) is 6.04 Å². The first-order valence-electron chi connectivity index (χ1n) is 7.03. The van der Waals surface area contributed by atoms with Crippen molar-refractivity contribution < 1.29 is 0 Å². The Hall–Kier alpha value is -2.11. The van der Waals surface area contributed by atoms with Gasteiger partial charge in [-0.2, -0.15) is 5.26 Å². The average molecular weight is 266 g/mol. The van der Waals surface area contributed by atoms with Gasteiger partial charge in [0.1, 0.15) is 6.04 Å². The van der Waals surface area contributed by atoms with Gasteiger partial charge in [0.15, 0.2) is 0 Å². The molecule has 0 heterocycles. The van der Waals surface area contributed by atoms with Crippen LogP contribution in [0.4, 0.5) is 0 Å². The second-order valence-electron chi connectivity index (χ2n) is 4.29. The van der Waals surface area contributed by atoms with Crippen molar-refractivity contribution in [3.05, 3.63) is 71.3 Å². The van der Waals surface area contributed by atoms with Gasteiger partial charge in [-0.1, -0.05) is 68.4 Å². The minimum absolute atomic E-state index is 0.258. The summed E-state index contributed by atoms with van der Waals surface area (Å²) >= 11 is 0. The fourth-order valence-corrected chi connectivity index (χ4v) is 1.95. The summed E-state index contributed by atoms with van der Waals surface area (Å²) in [4.78, 5) is 0. The largest absolute Gasteiger partial charge is 0.294 e. The van der Waals surface area contributed by atoms with E-state index in [9.17, 15) is 5.26 Å². The molecule has 0 aromatic heterocycles. The monoisotopic (exact) mass is 266 g/mol. The molecular formula is C18H22N2. The van der Waals surface area contributed by atoms with Crippen molar-refractivity contribution in [3.63, 3.8) is 0 Å². The van der Waals surface area contributed by atoms with E-state index in [0.29, 0.717) is 6.54 Å². The van der Waals surface area contributed by atoms with E-state index < -0.39 is 0 Å². The van der Waals surface area contributed by atoms with Gasteiger partial charge < -0.3 is 0 Å². The van der Waals surface area contributed by atoms with Crippen molar-refractivity contribution in [2.45, 2.75) is 33.4 Å². The van der Waals surface area contributed by atoms with Gasteiger partial charge in [0.25, 0.3) is 0 Å². The molecule has 0 aliphatic heterocycles. The summed E-state index contributed by atoms with van der Waals surface area (Å²) < 4.78 is 0. The smallest absolute Gasteiger partial charge is 0.121 e. The van der Waals surface area contributed by atoms with E-state index >= 15 is 0 Å². The van der Waals surface area contributed by atoms with Gasteiger partial charge in [-0.05, 0) is 23.6 Å². The Balaban J connectivity index is 0.000000956. The molecule has 1 unspecified atom stereocenters. The first-order chi connectivity index (χ1) is 9.81. The number of aryl methyl sites for hydroxylation is 1. The van der Waals surface area contributed by atoms with Crippen molar-refractivity contribution in [1.82, 2.24) is 5.32 Å². The predicted octanol–water partition coefficient (Wildman–Crippen LogP) is 4.38. The van der Waals surface area contributed by atoms with Gasteiger partial charge in [-0.3, -0.25) is 5.32 Å². The summed E-state index contributed by atoms with van der Waals surface area (Å²) in [7, 11) is 0. The summed E-state index contributed by atoms with van der Waals surface area (Å²) in [5.41, 5.74) is 3.38. The van der Waals surface area contributed by atoms with Crippen LogP contribution in [0.5, 0.6) is 0 Å². The van der Waals surface area contributed by atoms with Crippen LogP contribution >= 0.6 is 0 Å². The normalized spacial score (nSPS) is 10.9. The van der Waals surface area contributed by atoms with Crippen molar-refractivity contribution in [2.75, 3.05) is 0 Å². The summed E-state index contributed by atoms with van der Waals surface area (Å²) in [5, 5.41) is 12.6. The molecule has 2 aromatic rings. The number of nitrogens with one attached hydrogen (secondary N) is 1. The highest BCUT2D eigenvalue weighted by Gasteiger charge is 2.11. The number of nitriles is 1. The van der Waals surface area contributed by atoms with Crippen molar-refractivity contribution in [3.8, 4) is 6.07 Å². The highest BCUT2D eigenvalue weighted by atomic mass is 14.9. The zero-order valence-corrected chi connectivity index (χ0v) is 12.4. The number of nitrogens with zero attached hydrogens (tertiary/aromatic N) is 1. The molecule has 0 saturated carbocycles. The molecule has 2 heteroatoms. The number of hydrogen-bond acceptors (Lipinski definition) is 2. The first kappa shape index (κ1) is 15.9. The van der Waals surface area contributed by atoms with Crippen LogP contribution in [0, 0.1) is 18.3 Å². The van der Waals surface area contributed by atoms with Crippen LogP contribution in [0.25, 0.3) is 0 Å². The predicted molar refractivity (Wildman–Crippen MR) is 84.2 cm³/mol. The van der Waals surface area contributed by atoms with Crippen LogP contribution in [0.2, 0.25) is 0 Å². The van der Waals surface area contributed by atoms with E-state index in [1.807, 2.05) is 63.2 Å². The van der Waals surface area contributed by atoms with E-state index in [1.165, 1.54) is 5.56 Å². The van der Waals surface area contributed by atoms with Crippen LogP contribution in [0.15, 0.2) is 54.6 Å². The molecule has 0 aliphatic rings. The molecule has 0 fully saturated rings. The van der Waals surface area contributed by atoms with E-state index in [2.05, 4.69) is 23.5 Å². The van der Waals surface area contributed by atoms with Gasteiger partial charge in [-0.15, -0.1) is 0 Å². The summed E-state index contributed by atoms with van der Waals surface area (Å²) in [6, 6.07) is 20.2. The van der Waals surface area contributed by atoms with Crippen LogP contribution < -0.4 is 5.32 Å². The molecule has 0 aliphatic carbocycles. The molecule has 2 rings (SSSR count). The fraction of sp³-hybridized carbons (Fsp3) is 0.278. The molecule has 0 saturated heterocycles. The third-order valence-corrected chi connectivity index (χ3v) is 2.98. The quantitative estimate of drug-likeness (QED) is 0.891. The van der Waals surface area contributed by atoms with E-state index in [4.69, 9.17) is 0 Å². The van der Waals surface area contributed by atoms with Crippen LogP contribution in [0.1, 0.15) is 36.6 Å². The maximum absolute atomic E-state index is 9.27. The van der Waals surface area contributed by atoms with Gasteiger partial charge >= 0.3 is 0 Å². The lowest BCUT2D eigenvalue weighted by Gasteiger charge is -2.14. The van der Waals surface area contributed by atoms with Crippen LogP contribution in [-0.4, -0.2) is 0 Å². The molecule has 1 N–H and O–H groups in total. The fourth-order valence-electron chi connectivity index (χ4n) is 1.95. The maximum atomic E-state index is 9.27. The summed E-state index contributed by atoms with van der Waals surface area (Å²) in [5.74, 6) is 0. The summed E-state index contributed by atoms with van der Waals surface area (Å²) in [6.07, 6.45) is 0. The molecule has 0 bridgehead atoms. The Bertz CT molecular complexity index is 541. The Kier molecular flexibility index (Phi) is 7.10. The van der Waals surface area contributed by atoms with Gasteiger partial charge in [0.2, 0.25) is 0 Å². The third kappa shape index (κ3) is 4.53. The van der Waals surface area contributed by atoms with Crippen molar-refractivity contribution in [2.24, 2.45) is 0 Å². The van der Waals surface area contributed by atoms with E-state index in [0.717, 1.165) is 11.1 Å². The minimum atomic E-state index is -0.258. The second kappa shape index (κ2) is 8.90. The molecule has 0 spiro atoms. The number of hydrogen-bond donors (Lipinski definition) is 1. The van der Waals surface area contributed by atoms with Crippen molar-refractivity contribution >= 4 is 0 Å². The average Bonchev–Trinajstić information content (AvgIpc) is 2.52. The highest BCUT2D eigenvalue weighted by molar-refractivity contribution is 5.32. The molecule has 2 nitrogen and oxygen atoms in total. The minimum Gasteiger partial charge on any atom is -0.294 e. The Labute approximate surface area is 122 Å². The lowest BCUT2D eigenvalue weighted by molar-refractivity contribution is 0.628. The Morgan fingerprint density at radius 2 is 1.60 bits per heavy atom. The van der Waals surface area contributed by atoms with Crippen LogP contribution in [0.3, 0.4) is 0 Å². The molecule has 20 heavy (non-hydrogen) atoms. The molecular weight excluding hydrogens is 244 g/mol. The van der Waals surface area contributed by atoms with Gasteiger partial charge in [-0.25, -0.2) is 0 Å². The summed E-state index contributed by atoms with van der Waals surface area (Å²) in [6.45, 7) is 6.73. The second-order valence-corrected chi connectivity index (χ2v) is 4.29. The zero-order valence-electron chi connectivity index (χ0n) is 12.4. The SMILES string of the molecule is CC.Cc1ccccc1C(C#N)NCc1ccccc1. The number of benzene rings is 2. The standard InChI is InChI=1S/C16H16N2.C2H6/c1-13-7-5-6-10-15(13)16(11-17)18-12-14-8-3-2-4-9-14;1-2/h2-10,16,18H,12H2,1H3;1-2H3. The lowest BCUT2D eigenvalue weighted by Crippen LogP contribution is -2.20. The van der Waals surface area contributed by atoms with Gasteiger partial charge in [0.05, 0.1) is 6.07 Å². The molecule has 0 radical (unpaired) electrons. The molecule has 0 amide bonds. The molecule has 104 valence electrons. The Morgan fingerprint density at radius 1 is 1.00 bits per heavy atom. The third-order valence-electron chi connectivity index (χ3n) is 2.98. The Morgan fingerprint density at radius 3 is 2.20 bits per heavy atom. The maximum Gasteiger partial charge on any atom is 0.121 e. The van der Waals surface area contributed by atoms with E-state index in [1.54, 1.807) is 0 Å². The first-order valence-corrected chi connectivity index (χ1v) is 7.03.